The van der Waals surface area contributed by atoms with Crippen molar-refractivity contribution >= 4 is 19.8 Å². The van der Waals surface area contributed by atoms with Crippen LogP contribution in [0.2, 0.25) is 0 Å². The minimum atomic E-state index is -4.76. The van der Waals surface area contributed by atoms with Crippen LogP contribution in [0.25, 0.3) is 0 Å². The number of ether oxygens (including phenoxy) is 3. The van der Waals surface area contributed by atoms with Gasteiger partial charge < -0.3 is 24.0 Å². The zero-order valence-corrected chi connectivity index (χ0v) is 36.6. The van der Waals surface area contributed by atoms with Crippen LogP contribution in [-0.2, 0) is 32.9 Å². The molecule has 3 atom stereocenters. The van der Waals surface area contributed by atoms with Crippen molar-refractivity contribution in [3.8, 4) is 0 Å². The first-order valence-electron chi connectivity index (χ1n) is 23.0. The van der Waals surface area contributed by atoms with Gasteiger partial charge in [-0.3, -0.25) is 14.1 Å². The molecule has 2 unspecified atom stereocenters. The fourth-order valence-corrected chi connectivity index (χ4v) is 7.46. The van der Waals surface area contributed by atoms with Crippen LogP contribution >= 0.6 is 7.82 Å². The third kappa shape index (κ3) is 36.8. The molecule has 0 amide bonds. The van der Waals surface area contributed by atoms with E-state index in [0.717, 1.165) is 70.1 Å². The van der Waals surface area contributed by atoms with Gasteiger partial charge in [0.25, 0.3) is 0 Å². The van der Waals surface area contributed by atoms with Gasteiger partial charge in [0.2, 0.25) is 0 Å². The average molecular weight is 801 g/mol. The van der Waals surface area contributed by atoms with Gasteiger partial charge in [-0.2, -0.15) is 0 Å². The maximum atomic E-state index is 12.4. The highest BCUT2D eigenvalue weighted by molar-refractivity contribution is 7.46. The first kappa shape index (κ1) is 51.8. The van der Waals surface area contributed by atoms with E-state index in [0.29, 0.717) is 18.6 Å². The van der Waals surface area contributed by atoms with E-state index < -0.39 is 32.5 Å². The molecule has 2 N–H and O–H groups in total. The molecule has 0 aromatic carbocycles. The molecule has 10 heteroatoms. The Balaban J connectivity index is 2.00. The molecule has 0 saturated carbocycles. The Morgan fingerprint density at radius 2 is 1.11 bits per heavy atom. The number of carbonyl (C=O) groups is 2. The highest BCUT2D eigenvalue weighted by Gasteiger charge is 2.36. The summed E-state index contributed by atoms with van der Waals surface area (Å²) in [5, 5.41) is 0. The Morgan fingerprint density at radius 1 is 0.618 bits per heavy atom. The molecular weight excluding hydrogens is 715 g/mol. The van der Waals surface area contributed by atoms with Crippen molar-refractivity contribution < 1.29 is 42.7 Å². The van der Waals surface area contributed by atoms with Crippen LogP contribution in [0.5, 0.6) is 0 Å². The fourth-order valence-electron chi connectivity index (χ4n) is 7.10. The predicted molar refractivity (Wildman–Crippen MR) is 225 cm³/mol. The van der Waals surface area contributed by atoms with Gasteiger partial charge in [0, 0.05) is 12.8 Å². The number of rotatable bonds is 41. The molecule has 1 saturated heterocycles. The van der Waals surface area contributed by atoms with E-state index in [4.69, 9.17) is 24.0 Å². The highest BCUT2D eigenvalue weighted by Crippen LogP contribution is 2.36. The van der Waals surface area contributed by atoms with Gasteiger partial charge in [-0.05, 0) is 44.4 Å². The standard InChI is InChI=1S/C45H85O9P/c1-4-5-6-7-24-29-34-42-43(54-42)35-30-25-22-27-32-37-45(47)53-41(39-52-55(48,49)50)38-51-44(46)36-31-26-21-19-17-15-13-11-9-8-10-12-14-16-18-20-23-28-33-40(2)3/h24,29,40-43H,4-23,25-28,30-39H2,1-3H3,(H2,48,49,50)/b29-24-/t41-,42?,43?/m1/s1. The number of carbonyl (C=O) groups excluding carboxylic acids is 2. The Bertz CT molecular complexity index is 981. The number of epoxide rings is 1. The fraction of sp³-hybridized carbons (Fsp3) is 0.911. The maximum Gasteiger partial charge on any atom is 0.469 e. The lowest BCUT2D eigenvalue weighted by atomic mass is 10.0. The van der Waals surface area contributed by atoms with Gasteiger partial charge >= 0.3 is 19.8 Å². The summed E-state index contributed by atoms with van der Waals surface area (Å²) >= 11 is 0. The van der Waals surface area contributed by atoms with Crippen LogP contribution in [0, 0.1) is 5.92 Å². The van der Waals surface area contributed by atoms with E-state index in [1.165, 1.54) is 122 Å². The molecule has 1 aliphatic rings. The molecule has 324 valence electrons. The summed E-state index contributed by atoms with van der Waals surface area (Å²) in [5.74, 6) is -0.0474. The van der Waals surface area contributed by atoms with E-state index in [1.807, 2.05) is 0 Å². The Kier molecular flexibility index (Phi) is 33.8. The monoisotopic (exact) mass is 801 g/mol. The Labute approximate surface area is 337 Å². The van der Waals surface area contributed by atoms with Gasteiger partial charge in [-0.1, -0.05) is 187 Å². The van der Waals surface area contributed by atoms with Gasteiger partial charge in [0.15, 0.2) is 6.10 Å². The molecule has 9 nitrogen and oxygen atoms in total. The highest BCUT2D eigenvalue weighted by atomic mass is 31.2. The van der Waals surface area contributed by atoms with Crippen molar-refractivity contribution in [2.24, 2.45) is 5.92 Å². The van der Waals surface area contributed by atoms with Crippen LogP contribution in [0.4, 0.5) is 0 Å². The lowest BCUT2D eigenvalue weighted by molar-refractivity contribution is -0.161. The summed E-state index contributed by atoms with van der Waals surface area (Å²) in [6.45, 7) is 6.02. The zero-order chi connectivity index (χ0) is 40.2. The zero-order valence-electron chi connectivity index (χ0n) is 35.7. The Hall–Kier alpha value is -1.25. The average Bonchev–Trinajstić information content (AvgIpc) is 3.90. The van der Waals surface area contributed by atoms with Gasteiger partial charge in [0.05, 0.1) is 18.8 Å². The maximum absolute atomic E-state index is 12.4. The van der Waals surface area contributed by atoms with Crippen LogP contribution < -0.4 is 0 Å². The summed E-state index contributed by atoms with van der Waals surface area (Å²) in [6, 6.07) is 0. The molecule has 0 aromatic heterocycles. The molecule has 1 heterocycles. The minimum absolute atomic E-state index is 0.192. The number of phosphoric acid groups is 1. The second-order valence-corrected chi connectivity index (χ2v) is 17.8. The van der Waals surface area contributed by atoms with Crippen molar-refractivity contribution in [3.63, 3.8) is 0 Å². The third-order valence-corrected chi connectivity index (χ3v) is 11.1. The summed E-state index contributed by atoms with van der Waals surface area (Å²) in [5.41, 5.74) is 0. The van der Waals surface area contributed by atoms with Gasteiger partial charge in [-0.15, -0.1) is 0 Å². The molecule has 0 aromatic rings. The summed E-state index contributed by atoms with van der Waals surface area (Å²) in [7, 11) is -4.76. The summed E-state index contributed by atoms with van der Waals surface area (Å²) in [4.78, 5) is 43.0. The quantitative estimate of drug-likeness (QED) is 0.0204. The number of hydrogen-bond donors (Lipinski definition) is 2. The molecule has 55 heavy (non-hydrogen) atoms. The van der Waals surface area contributed by atoms with Crippen molar-refractivity contribution in [2.75, 3.05) is 13.2 Å². The number of esters is 2. The second kappa shape index (κ2) is 35.9. The van der Waals surface area contributed by atoms with Crippen LogP contribution in [0.1, 0.15) is 226 Å². The first-order valence-corrected chi connectivity index (χ1v) is 24.5. The topological polar surface area (TPSA) is 132 Å². The van der Waals surface area contributed by atoms with Crippen molar-refractivity contribution in [1.29, 1.82) is 0 Å². The van der Waals surface area contributed by atoms with Gasteiger partial charge in [-0.25, -0.2) is 4.57 Å². The van der Waals surface area contributed by atoms with Crippen LogP contribution in [0.15, 0.2) is 12.2 Å². The minimum Gasteiger partial charge on any atom is -0.462 e. The summed E-state index contributed by atoms with van der Waals surface area (Å²) in [6.07, 6.45) is 41.0. The van der Waals surface area contributed by atoms with Crippen LogP contribution in [0.3, 0.4) is 0 Å². The molecule has 0 spiro atoms. The number of hydrogen-bond acceptors (Lipinski definition) is 7. The van der Waals surface area contributed by atoms with E-state index in [2.05, 4.69) is 37.4 Å². The van der Waals surface area contributed by atoms with Crippen molar-refractivity contribution in [2.45, 2.75) is 245 Å². The molecule has 0 bridgehead atoms. The van der Waals surface area contributed by atoms with Crippen molar-refractivity contribution in [3.05, 3.63) is 12.2 Å². The SMILES string of the molecule is CCCCC/C=C\CC1OC1CCCCCCCC(=O)O[C@H](COC(=O)CCCCCCCCCCCCCCCCCCCCC(C)C)COP(=O)(O)O. The van der Waals surface area contributed by atoms with Crippen LogP contribution in [-0.4, -0.2) is 53.3 Å². The largest absolute Gasteiger partial charge is 0.469 e. The lowest BCUT2D eigenvalue weighted by Crippen LogP contribution is -2.29. The molecule has 1 rings (SSSR count). The molecule has 0 aliphatic carbocycles. The molecule has 0 radical (unpaired) electrons. The number of allylic oxidation sites excluding steroid dienone is 1. The van der Waals surface area contributed by atoms with E-state index in [-0.39, 0.29) is 19.4 Å². The first-order chi connectivity index (χ1) is 26.6. The predicted octanol–water partition coefficient (Wildman–Crippen LogP) is 13.0. The number of unbranched alkanes of at least 4 members (excludes halogenated alkanes) is 24. The normalized spacial score (nSPS) is 16.3. The van der Waals surface area contributed by atoms with Crippen molar-refractivity contribution in [1.82, 2.24) is 0 Å². The summed E-state index contributed by atoms with van der Waals surface area (Å²) < 4.78 is 32.3. The Morgan fingerprint density at radius 3 is 1.62 bits per heavy atom. The molecule has 1 aliphatic heterocycles. The van der Waals surface area contributed by atoms with E-state index in [1.54, 1.807) is 0 Å². The van der Waals surface area contributed by atoms with E-state index in [9.17, 15) is 14.2 Å². The van der Waals surface area contributed by atoms with E-state index >= 15 is 0 Å². The smallest absolute Gasteiger partial charge is 0.462 e. The molecule has 1 fully saturated rings. The lowest BCUT2D eigenvalue weighted by Gasteiger charge is -2.18. The number of phosphoric ester groups is 1. The third-order valence-electron chi connectivity index (χ3n) is 10.6. The molecular formula is C45H85O9P. The second-order valence-electron chi connectivity index (χ2n) is 16.6. The van der Waals surface area contributed by atoms with Gasteiger partial charge in [0.1, 0.15) is 6.61 Å².